The van der Waals surface area contributed by atoms with Crippen LogP contribution < -0.4 is 5.32 Å². The molecule has 1 fully saturated rings. The zero-order chi connectivity index (χ0) is 14.4. The molecule has 0 atom stereocenters. The molecule has 2 nitrogen and oxygen atoms in total. The Bertz CT molecular complexity index is 415. The van der Waals surface area contributed by atoms with E-state index in [1.807, 2.05) is 12.1 Å². The van der Waals surface area contributed by atoms with Crippen LogP contribution in [0.1, 0.15) is 31.7 Å². The second kappa shape index (κ2) is 8.23. The SMILES string of the molecule is CC1CCN(CCCNCc2ccc(Cl)cc2Cl)CC1. The molecule has 1 heterocycles. The van der Waals surface area contributed by atoms with Crippen LogP contribution in [-0.4, -0.2) is 31.1 Å². The van der Waals surface area contributed by atoms with Crippen LogP contribution >= 0.6 is 23.2 Å². The molecule has 1 aromatic carbocycles. The van der Waals surface area contributed by atoms with Crippen LogP contribution in [0.5, 0.6) is 0 Å². The van der Waals surface area contributed by atoms with Crippen molar-refractivity contribution in [3.63, 3.8) is 0 Å². The molecular formula is C16H24Cl2N2. The zero-order valence-electron chi connectivity index (χ0n) is 12.2. The quantitative estimate of drug-likeness (QED) is 0.791. The molecule has 1 N–H and O–H groups in total. The Hall–Kier alpha value is -0.280. The fourth-order valence-corrected chi connectivity index (χ4v) is 3.08. The fourth-order valence-electron chi connectivity index (χ4n) is 2.60. The Morgan fingerprint density at radius 3 is 2.70 bits per heavy atom. The average Bonchev–Trinajstić information content (AvgIpc) is 2.42. The number of hydrogen-bond acceptors (Lipinski definition) is 2. The van der Waals surface area contributed by atoms with Gasteiger partial charge in [0.25, 0.3) is 0 Å². The summed E-state index contributed by atoms with van der Waals surface area (Å²) in [7, 11) is 0. The van der Waals surface area contributed by atoms with Gasteiger partial charge in [0.15, 0.2) is 0 Å². The molecule has 0 radical (unpaired) electrons. The molecule has 0 spiro atoms. The van der Waals surface area contributed by atoms with Crippen molar-refractivity contribution in [2.45, 2.75) is 32.7 Å². The van der Waals surface area contributed by atoms with Crippen LogP contribution in [0, 0.1) is 5.92 Å². The third-order valence-corrected chi connectivity index (χ3v) is 4.62. The highest BCUT2D eigenvalue weighted by Gasteiger charge is 2.14. The van der Waals surface area contributed by atoms with Gasteiger partial charge in [0.1, 0.15) is 0 Å². The Morgan fingerprint density at radius 2 is 2.00 bits per heavy atom. The molecule has 0 aromatic heterocycles. The van der Waals surface area contributed by atoms with Crippen molar-refractivity contribution in [2.24, 2.45) is 5.92 Å². The predicted octanol–water partition coefficient (Wildman–Crippen LogP) is 4.21. The van der Waals surface area contributed by atoms with E-state index < -0.39 is 0 Å². The van der Waals surface area contributed by atoms with Crippen LogP contribution in [0.3, 0.4) is 0 Å². The number of halogens is 2. The summed E-state index contributed by atoms with van der Waals surface area (Å²) in [6.07, 6.45) is 3.90. The first-order chi connectivity index (χ1) is 9.65. The minimum atomic E-state index is 0.693. The highest BCUT2D eigenvalue weighted by Crippen LogP contribution is 2.20. The molecule has 1 aliphatic heterocycles. The van der Waals surface area contributed by atoms with E-state index in [1.165, 1.54) is 38.9 Å². The normalized spacial score (nSPS) is 17.6. The standard InChI is InChI=1S/C16H24Cl2N2/c1-13-5-9-20(10-6-13)8-2-7-19-12-14-3-4-15(17)11-16(14)18/h3-4,11,13,19H,2,5-10,12H2,1H3. The lowest BCUT2D eigenvalue weighted by Gasteiger charge is -2.30. The van der Waals surface area contributed by atoms with E-state index in [4.69, 9.17) is 23.2 Å². The van der Waals surface area contributed by atoms with Gasteiger partial charge in [-0.05, 0) is 69.1 Å². The highest BCUT2D eigenvalue weighted by atomic mass is 35.5. The van der Waals surface area contributed by atoms with Crippen LogP contribution in [-0.2, 0) is 6.54 Å². The van der Waals surface area contributed by atoms with Crippen molar-refractivity contribution in [3.8, 4) is 0 Å². The molecule has 1 saturated heterocycles. The molecule has 2 rings (SSSR count). The third kappa shape index (κ3) is 5.25. The summed E-state index contributed by atoms with van der Waals surface area (Å²) in [6.45, 7) is 7.94. The van der Waals surface area contributed by atoms with Crippen molar-refractivity contribution in [1.29, 1.82) is 0 Å². The van der Waals surface area contributed by atoms with Crippen molar-refractivity contribution in [1.82, 2.24) is 10.2 Å². The smallest absolute Gasteiger partial charge is 0.0465 e. The summed E-state index contributed by atoms with van der Waals surface area (Å²) in [5, 5.41) is 4.89. The van der Waals surface area contributed by atoms with Gasteiger partial charge in [0.05, 0.1) is 0 Å². The van der Waals surface area contributed by atoms with E-state index in [9.17, 15) is 0 Å². The highest BCUT2D eigenvalue weighted by molar-refractivity contribution is 6.35. The second-order valence-electron chi connectivity index (χ2n) is 5.79. The van der Waals surface area contributed by atoms with Crippen molar-refractivity contribution in [3.05, 3.63) is 33.8 Å². The van der Waals surface area contributed by atoms with Crippen LogP contribution in [0.15, 0.2) is 18.2 Å². The molecule has 0 unspecified atom stereocenters. The van der Waals surface area contributed by atoms with Crippen molar-refractivity contribution in [2.75, 3.05) is 26.2 Å². The van der Waals surface area contributed by atoms with Crippen molar-refractivity contribution < 1.29 is 0 Å². The summed E-state index contributed by atoms with van der Waals surface area (Å²) in [5.74, 6) is 0.913. The molecule has 1 aliphatic rings. The largest absolute Gasteiger partial charge is 0.313 e. The predicted molar refractivity (Wildman–Crippen MR) is 87.6 cm³/mol. The Morgan fingerprint density at radius 1 is 1.25 bits per heavy atom. The van der Waals surface area contributed by atoms with Crippen molar-refractivity contribution >= 4 is 23.2 Å². The molecule has 0 saturated carbocycles. The topological polar surface area (TPSA) is 15.3 Å². The van der Waals surface area contributed by atoms with E-state index in [-0.39, 0.29) is 0 Å². The van der Waals surface area contributed by atoms with Gasteiger partial charge in [-0.1, -0.05) is 36.2 Å². The molecule has 4 heteroatoms. The van der Waals surface area contributed by atoms with E-state index in [0.717, 1.165) is 29.6 Å². The summed E-state index contributed by atoms with van der Waals surface area (Å²) in [4.78, 5) is 2.58. The third-order valence-electron chi connectivity index (χ3n) is 4.03. The average molecular weight is 315 g/mol. The Kier molecular flexibility index (Phi) is 6.63. The monoisotopic (exact) mass is 314 g/mol. The maximum absolute atomic E-state index is 6.15. The lowest BCUT2D eigenvalue weighted by Crippen LogP contribution is -2.34. The van der Waals surface area contributed by atoms with Gasteiger partial charge in [0.2, 0.25) is 0 Å². The summed E-state index contributed by atoms with van der Waals surface area (Å²) in [6, 6.07) is 5.68. The molecule has 20 heavy (non-hydrogen) atoms. The molecular weight excluding hydrogens is 291 g/mol. The minimum Gasteiger partial charge on any atom is -0.313 e. The van der Waals surface area contributed by atoms with E-state index in [0.29, 0.717) is 5.02 Å². The summed E-state index contributed by atoms with van der Waals surface area (Å²) in [5.41, 5.74) is 1.11. The Balaban J connectivity index is 1.59. The molecule has 0 bridgehead atoms. The van der Waals surface area contributed by atoms with Crippen LogP contribution in [0.25, 0.3) is 0 Å². The van der Waals surface area contributed by atoms with E-state index in [2.05, 4.69) is 17.1 Å². The van der Waals surface area contributed by atoms with Gasteiger partial charge in [-0.3, -0.25) is 0 Å². The maximum Gasteiger partial charge on any atom is 0.0465 e. The first kappa shape index (κ1) is 16.1. The fraction of sp³-hybridized carbons (Fsp3) is 0.625. The van der Waals surface area contributed by atoms with Crippen LogP contribution in [0.4, 0.5) is 0 Å². The number of benzene rings is 1. The Labute approximate surface area is 132 Å². The van der Waals surface area contributed by atoms with Gasteiger partial charge in [0, 0.05) is 16.6 Å². The number of nitrogens with zero attached hydrogens (tertiary/aromatic N) is 1. The van der Waals surface area contributed by atoms with E-state index >= 15 is 0 Å². The molecule has 112 valence electrons. The first-order valence-electron chi connectivity index (χ1n) is 7.52. The number of hydrogen-bond donors (Lipinski definition) is 1. The van der Waals surface area contributed by atoms with Crippen LogP contribution in [0.2, 0.25) is 10.0 Å². The van der Waals surface area contributed by atoms with Gasteiger partial charge < -0.3 is 10.2 Å². The summed E-state index contributed by atoms with van der Waals surface area (Å²) < 4.78 is 0. The molecule has 1 aromatic rings. The van der Waals surface area contributed by atoms with Gasteiger partial charge in [-0.25, -0.2) is 0 Å². The zero-order valence-corrected chi connectivity index (χ0v) is 13.7. The van der Waals surface area contributed by atoms with Gasteiger partial charge in [-0.15, -0.1) is 0 Å². The lowest BCUT2D eigenvalue weighted by atomic mass is 9.99. The number of nitrogens with one attached hydrogen (secondary N) is 1. The minimum absolute atomic E-state index is 0.693. The second-order valence-corrected chi connectivity index (χ2v) is 6.63. The molecule has 0 aliphatic carbocycles. The number of likely N-dealkylation sites (tertiary alicyclic amines) is 1. The molecule has 0 amide bonds. The maximum atomic E-state index is 6.15. The summed E-state index contributed by atoms with van der Waals surface area (Å²) >= 11 is 12.0. The van der Waals surface area contributed by atoms with E-state index in [1.54, 1.807) is 6.07 Å². The number of rotatable bonds is 6. The lowest BCUT2D eigenvalue weighted by molar-refractivity contribution is 0.190. The number of piperidine rings is 1. The first-order valence-corrected chi connectivity index (χ1v) is 8.28. The van der Waals surface area contributed by atoms with Gasteiger partial charge in [-0.2, -0.15) is 0 Å². The van der Waals surface area contributed by atoms with Gasteiger partial charge >= 0.3 is 0 Å².